The van der Waals surface area contributed by atoms with E-state index in [1.165, 1.54) is 17.5 Å². The molecule has 0 atom stereocenters. The maximum Gasteiger partial charge on any atom is 0.347 e. The van der Waals surface area contributed by atoms with Crippen molar-refractivity contribution >= 4 is 17.3 Å². The molecule has 0 aliphatic heterocycles. The average Bonchev–Trinajstić information content (AvgIpc) is 2.78. The third-order valence-electron chi connectivity index (χ3n) is 2.23. The standard InChI is InChI=1S/C11H10N2O2S/c1-2-7-5-12-4-3-8(7)10-13-6-9(16-10)11(14)15/h3-6H,2H2,1H3,(H,14,15). The van der Waals surface area contributed by atoms with Gasteiger partial charge >= 0.3 is 5.97 Å². The van der Waals surface area contributed by atoms with Crippen LogP contribution in [-0.2, 0) is 6.42 Å². The Kier molecular flexibility index (Phi) is 2.96. The van der Waals surface area contributed by atoms with E-state index in [1.54, 1.807) is 12.4 Å². The monoisotopic (exact) mass is 234 g/mol. The van der Waals surface area contributed by atoms with Crippen LogP contribution in [0.5, 0.6) is 0 Å². The number of hydrogen-bond acceptors (Lipinski definition) is 4. The Hall–Kier alpha value is -1.75. The molecule has 16 heavy (non-hydrogen) atoms. The summed E-state index contributed by atoms with van der Waals surface area (Å²) in [6.07, 6.45) is 5.72. The van der Waals surface area contributed by atoms with Crippen LogP contribution in [-0.4, -0.2) is 21.0 Å². The highest BCUT2D eigenvalue weighted by Crippen LogP contribution is 2.27. The normalized spacial score (nSPS) is 10.3. The molecule has 4 nitrogen and oxygen atoms in total. The fourth-order valence-corrected chi connectivity index (χ4v) is 2.23. The molecule has 0 unspecified atom stereocenters. The first-order valence-corrected chi connectivity index (χ1v) is 5.66. The van der Waals surface area contributed by atoms with Gasteiger partial charge in [-0.15, -0.1) is 11.3 Å². The minimum atomic E-state index is -0.934. The van der Waals surface area contributed by atoms with Crippen LogP contribution in [0.1, 0.15) is 22.2 Å². The Morgan fingerprint density at radius 1 is 1.50 bits per heavy atom. The van der Waals surface area contributed by atoms with Gasteiger partial charge in [0.2, 0.25) is 0 Å². The van der Waals surface area contributed by atoms with Crippen molar-refractivity contribution in [2.75, 3.05) is 0 Å². The molecule has 0 radical (unpaired) electrons. The van der Waals surface area contributed by atoms with Crippen LogP contribution < -0.4 is 0 Å². The molecular formula is C11H10N2O2S. The molecule has 5 heteroatoms. The molecule has 0 saturated carbocycles. The largest absolute Gasteiger partial charge is 0.477 e. The topological polar surface area (TPSA) is 63.1 Å². The number of aromatic carboxylic acids is 1. The lowest BCUT2D eigenvalue weighted by molar-refractivity contribution is 0.0702. The van der Waals surface area contributed by atoms with E-state index in [-0.39, 0.29) is 4.88 Å². The van der Waals surface area contributed by atoms with Gasteiger partial charge in [0, 0.05) is 18.0 Å². The van der Waals surface area contributed by atoms with Crippen LogP contribution in [0.25, 0.3) is 10.6 Å². The van der Waals surface area contributed by atoms with Gasteiger partial charge in [0.1, 0.15) is 9.88 Å². The highest BCUT2D eigenvalue weighted by molar-refractivity contribution is 7.16. The molecule has 0 fully saturated rings. The summed E-state index contributed by atoms with van der Waals surface area (Å²) in [5, 5.41) is 9.56. The zero-order valence-electron chi connectivity index (χ0n) is 8.67. The van der Waals surface area contributed by atoms with Crippen LogP contribution in [0.4, 0.5) is 0 Å². The zero-order chi connectivity index (χ0) is 11.5. The van der Waals surface area contributed by atoms with E-state index >= 15 is 0 Å². The molecule has 2 heterocycles. The van der Waals surface area contributed by atoms with E-state index in [0.717, 1.165) is 22.6 Å². The first-order chi connectivity index (χ1) is 7.72. The second-order valence-electron chi connectivity index (χ2n) is 3.22. The van der Waals surface area contributed by atoms with Crippen LogP contribution in [0.3, 0.4) is 0 Å². The van der Waals surface area contributed by atoms with Crippen molar-refractivity contribution in [2.24, 2.45) is 0 Å². The molecule has 0 bridgehead atoms. The van der Waals surface area contributed by atoms with Gasteiger partial charge in [-0.1, -0.05) is 6.92 Å². The zero-order valence-corrected chi connectivity index (χ0v) is 9.49. The SMILES string of the molecule is CCc1cnccc1-c1ncc(C(=O)O)s1. The van der Waals surface area contributed by atoms with Crippen LogP contribution in [0.15, 0.2) is 24.7 Å². The molecule has 2 aromatic heterocycles. The molecule has 0 amide bonds. The number of rotatable bonds is 3. The predicted octanol–water partition coefficient (Wildman–Crippen LogP) is 2.47. The van der Waals surface area contributed by atoms with Gasteiger partial charge in [0.05, 0.1) is 6.20 Å². The lowest BCUT2D eigenvalue weighted by Crippen LogP contribution is -1.89. The van der Waals surface area contributed by atoms with Crippen molar-refractivity contribution < 1.29 is 9.90 Å². The van der Waals surface area contributed by atoms with Crippen molar-refractivity contribution in [2.45, 2.75) is 13.3 Å². The number of carboxylic acid groups (broad SMARTS) is 1. The second-order valence-corrected chi connectivity index (χ2v) is 4.25. The van der Waals surface area contributed by atoms with Crippen molar-refractivity contribution in [1.29, 1.82) is 0 Å². The lowest BCUT2D eigenvalue weighted by Gasteiger charge is -2.02. The second kappa shape index (κ2) is 4.40. The Morgan fingerprint density at radius 2 is 2.31 bits per heavy atom. The number of carboxylic acids is 1. The minimum Gasteiger partial charge on any atom is -0.477 e. The van der Waals surface area contributed by atoms with E-state index in [0.29, 0.717) is 0 Å². The summed E-state index contributed by atoms with van der Waals surface area (Å²) in [4.78, 5) is 19.2. The molecule has 0 aliphatic rings. The molecule has 82 valence electrons. The van der Waals surface area contributed by atoms with E-state index < -0.39 is 5.97 Å². The molecule has 0 aliphatic carbocycles. The van der Waals surface area contributed by atoms with E-state index in [2.05, 4.69) is 9.97 Å². The molecule has 0 spiro atoms. The Morgan fingerprint density at radius 3 is 2.94 bits per heavy atom. The van der Waals surface area contributed by atoms with Crippen molar-refractivity contribution in [3.05, 3.63) is 35.1 Å². The summed E-state index contributed by atoms with van der Waals surface area (Å²) in [7, 11) is 0. The molecule has 0 saturated heterocycles. The molecule has 2 aromatic rings. The Balaban J connectivity index is 2.46. The van der Waals surface area contributed by atoms with E-state index in [1.807, 2.05) is 13.0 Å². The number of aryl methyl sites for hydroxylation is 1. The smallest absolute Gasteiger partial charge is 0.347 e. The highest BCUT2D eigenvalue weighted by atomic mass is 32.1. The van der Waals surface area contributed by atoms with Crippen molar-refractivity contribution in [3.8, 4) is 10.6 Å². The van der Waals surface area contributed by atoms with Gasteiger partial charge in [-0.2, -0.15) is 0 Å². The highest BCUT2D eigenvalue weighted by Gasteiger charge is 2.12. The number of hydrogen-bond donors (Lipinski definition) is 1. The van der Waals surface area contributed by atoms with Gasteiger partial charge in [-0.3, -0.25) is 4.98 Å². The fraction of sp³-hybridized carbons (Fsp3) is 0.182. The van der Waals surface area contributed by atoms with Crippen molar-refractivity contribution in [3.63, 3.8) is 0 Å². The summed E-state index contributed by atoms with van der Waals surface area (Å²) >= 11 is 1.19. The predicted molar refractivity (Wildman–Crippen MR) is 61.7 cm³/mol. The Labute approximate surface area is 96.6 Å². The molecule has 0 aromatic carbocycles. The maximum atomic E-state index is 10.8. The van der Waals surface area contributed by atoms with Crippen molar-refractivity contribution in [1.82, 2.24) is 9.97 Å². The summed E-state index contributed by atoms with van der Waals surface area (Å²) in [5.74, 6) is -0.934. The van der Waals surface area contributed by atoms with Gasteiger partial charge in [-0.25, -0.2) is 9.78 Å². The first-order valence-electron chi connectivity index (χ1n) is 4.84. The van der Waals surface area contributed by atoms with Crippen LogP contribution in [0, 0.1) is 0 Å². The number of nitrogens with zero attached hydrogens (tertiary/aromatic N) is 2. The van der Waals surface area contributed by atoms with Gasteiger partial charge in [0.25, 0.3) is 0 Å². The van der Waals surface area contributed by atoms with Gasteiger partial charge in [0.15, 0.2) is 0 Å². The van der Waals surface area contributed by atoms with Crippen LogP contribution >= 0.6 is 11.3 Å². The minimum absolute atomic E-state index is 0.258. The lowest BCUT2D eigenvalue weighted by atomic mass is 10.1. The number of carbonyl (C=O) groups is 1. The number of thiazole rings is 1. The molecular weight excluding hydrogens is 224 g/mol. The average molecular weight is 234 g/mol. The Bertz CT molecular complexity index is 522. The fourth-order valence-electron chi connectivity index (χ4n) is 1.42. The van der Waals surface area contributed by atoms with E-state index in [4.69, 9.17) is 5.11 Å². The van der Waals surface area contributed by atoms with E-state index in [9.17, 15) is 4.79 Å². The third kappa shape index (κ3) is 1.94. The third-order valence-corrected chi connectivity index (χ3v) is 3.25. The van der Waals surface area contributed by atoms with Gasteiger partial charge < -0.3 is 5.11 Å². The quantitative estimate of drug-likeness (QED) is 0.886. The maximum absolute atomic E-state index is 10.8. The van der Waals surface area contributed by atoms with Crippen LogP contribution in [0.2, 0.25) is 0 Å². The summed E-state index contributed by atoms with van der Waals surface area (Å²) in [6, 6.07) is 1.86. The van der Waals surface area contributed by atoms with Gasteiger partial charge in [-0.05, 0) is 18.1 Å². The summed E-state index contributed by atoms with van der Waals surface area (Å²) in [6.45, 7) is 2.03. The summed E-state index contributed by atoms with van der Waals surface area (Å²) in [5.41, 5.74) is 2.05. The number of aromatic nitrogens is 2. The summed E-state index contributed by atoms with van der Waals surface area (Å²) < 4.78 is 0. The molecule has 1 N–H and O–H groups in total. The first kappa shape index (κ1) is 10.8. The number of pyridine rings is 1. The molecule has 2 rings (SSSR count).